The van der Waals surface area contributed by atoms with Gasteiger partial charge in [-0.1, -0.05) is 18.2 Å². The summed E-state index contributed by atoms with van der Waals surface area (Å²) in [7, 11) is -1.96. The molecule has 0 saturated carbocycles. The number of nitrogens with zero attached hydrogens (tertiary/aromatic N) is 3. The fraction of sp³-hybridized carbons (Fsp3) is 0.300. The van der Waals surface area contributed by atoms with Gasteiger partial charge in [-0.25, -0.2) is 13.4 Å². The third-order valence-electron chi connectivity index (χ3n) is 4.75. The van der Waals surface area contributed by atoms with Crippen LogP contribution in [-0.4, -0.2) is 61.9 Å². The number of benzene rings is 2. The molecule has 2 heterocycles. The van der Waals surface area contributed by atoms with E-state index in [0.29, 0.717) is 38.4 Å². The number of amides is 1. The predicted molar refractivity (Wildman–Crippen MR) is 111 cm³/mol. The average Bonchev–Trinajstić information content (AvgIpc) is 3.16. The summed E-state index contributed by atoms with van der Waals surface area (Å²) in [6.45, 7) is 1.75. The summed E-state index contributed by atoms with van der Waals surface area (Å²) < 4.78 is 33.4. The average molecular weight is 432 g/mol. The highest BCUT2D eigenvalue weighted by Gasteiger charge is 2.27. The SMILES string of the molecule is CN(Cc1nc2ccccc2s1)C(=O)c1cccc(S(=O)(=O)N2CCOCC2)c1. The second kappa shape index (κ2) is 8.19. The van der Waals surface area contributed by atoms with Gasteiger partial charge in [0.2, 0.25) is 10.0 Å². The van der Waals surface area contributed by atoms with E-state index in [4.69, 9.17) is 4.74 Å². The van der Waals surface area contributed by atoms with Crippen LogP contribution in [0.25, 0.3) is 10.2 Å². The number of morpholine rings is 1. The largest absolute Gasteiger partial charge is 0.379 e. The molecule has 2 aromatic carbocycles. The van der Waals surface area contributed by atoms with E-state index in [2.05, 4.69) is 4.98 Å². The second-order valence-electron chi connectivity index (χ2n) is 6.78. The van der Waals surface area contributed by atoms with Crippen LogP contribution in [0.4, 0.5) is 0 Å². The minimum Gasteiger partial charge on any atom is -0.379 e. The maximum absolute atomic E-state index is 12.9. The smallest absolute Gasteiger partial charge is 0.254 e. The summed E-state index contributed by atoms with van der Waals surface area (Å²) >= 11 is 1.55. The fourth-order valence-corrected chi connectivity index (χ4v) is 5.68. The van der Waals surface area contributed by atoms with E-state index in [1.165, 1.54) is 16.4 Å². The normalized spacial score (nSPS) is 15.5. The molecule has 1 amide bonds. The highest BCUT2D eigenvalue weighted by molar-refractivity contribution is 7.89. The molecule has 3 aromatic rings. The van der Waals surface area contributed by atoms with E-state index in [0.717, 1.165) is 15.2 Å². The first-order valence-electron chi connectivity index (χ1n) is 9.23. The van der Waals surface area contributed by atoms with Gasteiger partial charge in [-0.2, -0.15) is 4.31 Å². The Kier molecular flexibility index (Phi) is 5.64. The van der Waals surface area contributed by atoms with Crippen molar-refractivity contribution in [1.29, 1.82) is 0 Å². The van der Waals surface area contributed by atoms with Crippen LogP contribution < -0.4 is 0 Å². The number of sulfonamides is 1. The van der Waals surface area contributed by atoms with E-state index in [1.807, 2.05) is 24.3 Å². The highest BCUT2D eigenvalue weighted by atomic mass is 32.2. The summed E-state index contributed by atoms with van der Waals surface area (Å²) in [4.78, 5) is 19.1. The Morgan fingerprint density at radius 3 is 2.69 bits per heavy atom. The first-order chi connectivity index (χ1) is 13.9. The summed E-state index contributed by atoms with van der Waals surface area (Å²) in [6, 6.07) is 14.0. The van der Waals surface area contributed by atoms with Gasteiger partial charge >= 0.3 is 0 Å². The Labute approximate surface area is 173 Å². The lowest BCUT2D eigenvalue weighted by atomic mass is 10.2. The fourth-order valence-electron chi connectivity index (χ4n) is 3.21. The molecule has 7 nitrogen and oxygen atoms in total. The van der Waals surface area contributed by atoms with Gasteiger partial charge in [0.25, 0.3) is 5.91 Å². The van der Waals surface area contributed by atoms with Crippen molar-refractivity contribution in [1.82, 2.24) is 14.2 Å². The van der Waals surface area contributed by atoms with Crippen molar-refractivity contribution in [3.05, 3.63) is 59.1 Å². The van der Waals surface area contributed by atoms with Gasteiger partial charge in [0.05, 0.1) is 34.9 Å². The van der Waals surface area contributed by atoms with Crippen molar-refractivity contribution in [3.63, 3.8) is 0 Å². The van der Waals surface area contributed by atoms with Crippen LogP contribution in [0.2, 0.25) is 0 Å². The minimum absolute atomic E-state index is 0.124. The Morgan fingerprint density at radius 2 is 1.93 bits per heavy atom. The molecular weight excluding hydrogens is 410 g/mol. The Balaban J connectivity index is 1.53. The number of carbonyl (C=O) groups is 1. The molecule has 0 spiro atoms. The van der Waals surface area contributed by atoms with Crippen molar-refractivity contribution in [2.45, 2.75) is 11.4 Å². The molecule has 0 atom stereocenters. The Hall–Kier alpha value is -2.33. The molecule has 152 valence electrons. The summed E-state index contributed by atoms with van der Waals surface area (Å²) in [5.41, 5.74) is 1.25. The number of carbonyl (C=O) groups excluding carboxylic acids is 1. The quantitative estimate of drug-likeness (QED) is 0.620. The minimum atomic E-state index is -3.65. The predicted octanol–water partition coefficient (Wildman–Crippen LogP) is 2.59. The third kappa shape index (κ3) is 4.18. The zero-order valence-electron chi connectivity index (χ0n) is 15.9. The van der Waals surface area contributed by atoms with Crippen molar-refractivity contribution in [2.24, 2.45) is 0 Å². The topological polar surface area (TPSA) is 79.8 Å². The zero-order chi connectivity index (χ0) is 20.4. The lowest BCUT2D eigenvalue weighted by Gasteiger charge is -2.26. The Morgan fingerprint density at radius 1 is 1.17 bits per heavy atom. The van der Waals surface area contributed by atoms with Gasteiger partial charge in [-0.15, -0.1) is 11.3 Å². The van der Waals surface area contributed by atoms with Crippen molar-refractivity contribution in [3.8, 4) is 0 Å². The lowest BCUT2D eigenvalue weighted by Crippen LogP contribution is -2.40. The molecule has 0 unspecified atom stereocenters. The van der Waals surface area contributed by atoms with E-state index in [9.17, 15) is 13.2 Å². The van der Waals surface area contributed by atoms with Gasteiger partial charge in [0.15, 0.2) is 0 Å². The van der Waals surface area contributed by atoms with Crippen molar-refractivity contribution >= 4 is 37.5 Å². The Bertz CT molecular complexity index is 1100. The van der Waals surface area contributed by atoms with E-state index >= 15 is 0 Å². The maximum atomic E-state index is 12.9. The zero-order valence-corrected chi connectivity index (χ0v) is 17.6. The van der Waals surface area contributed by atoms with Crippen molar-refractivity contribution < 1.29 is 17.9 Å². The van der Waals surface area contributed by atoms with E-state index in [1.54, 1.807) is 35.4 Å². The van der Waals surface area contributed by atoms with Crippen LogP contribution in [0.1, 0.15) is 15.4 Å². The number of thiazole rings is 1. The van der Waals surface area contributed by atoms with Crippen LogP contribution in [0.5, 0.6) is 0 Å². The lowest BCUT2D eigenvalue weighted by molar-refractivity contribution is 0.0730. The summed E-state index contributed by atoms with van der Waals surface area (Å²) in [6.07, 6.45) is 0. The van der Waals surface area contributed by atoms with E-state index in [-0.39, 0.29) is 10.8 Å². The number of para-hydroxylation sites is 1. The molecule has 0 radical (unpaired) electrons. The molecule has 9 heteroatoms. The highest BCUT2D eigenvalue weighted by Crippen LogP contribution is 2.23. The molecule has 29 heavy (non-hydrogen) atoms. The molecule has 1 aromatic heterocycles. The molecule has 4 rings (SSSR count). The molecular formula is C20H21N3O4S2. The first kappa shape index (κ1) is 20.0. The van der Waals surface area contributed by atoms with Crippen LogP contribution in [0.3, 0.4) is 0 Å². The second-order valence-corrected chi connectivity index (χ2v) is 9.83. The number of fused-ring (bicyclic) bond motifs is 1. The van der Waals surface area contributed by atoms with Gasteiger partial charge in [0.1, 0.15) is 5.01 Å². The molecule has 1 aliphatic rings. The van der Waals surface area contributed by atoms with Crippen LogP contribution in [0.15, 0.2) is 53.4 Å². The van der Waals surface area contributed by atoms with Gasteiger partial charge < -0.3 is 9.64 Å². The maximum Gasteiger partial charge on any atom is 0.254 e. The number of hydrogen-bond acceptors (Lipinski definition) is 6. The number of aromatic nitrogens is 1. The number of rotatable bonds is 5. The van der Waals surface area contributed by atoms with Gasteiger partial charge in [-0.05, 0) is 30.3 Å². The van der Waals surface area contributed by atoms with Crippen LogP contribution >= 0.6 is 11.3 Å². The monoisotopic (exact) mass is 431 g/mol. The molecule has 0 N–H and O–H groups in total. The van der Waals surface area contributed by atoms with Crippen molar-refractivity contribution in [2.75, 3.05) is 33.4 Å². The van der Waals surface area contributed by atoms with Gasteiger partial charge in [0, 0.05) is 25.7 Å². The summed E-state index contributed by atoms with van der Waals surface area (Å²) in [5.74, 6) is -0.247. The molecule has 0 bridgehead atoms. The third-order valence-corrected chi connectivity index (χ3v) is 7.66. The standard InChI is InChI=1S/C20H21N3O4S2/c1-22(14-19-21-17-7-2-3-8-18(17)28-19)20(24)15-5-4-6-16(13-15)29(25,26)23-9-11-27-12-10-23/h2-8,13H,9-12,14H2,1H3. The molecule has 0 aliphatic carbocycles. The molecule has 1 fully saturated rings. The molecule has 1 aliphatic heterocycles. The summed E-state index contributed by atoms with van der Waals surface area (Å²) in [5, 5.41) is 0.833. The molecule has 1 saturated heterocycles. The number of hydrogen-bond donors (Lipinski definition) is 0. The van der Waals surface area contributed by atoms with Crippen LogP contribution in [0, 0.1) is 0 Å². The van der Waals surface area contributed by atoms with E-state index < -0.39 is 10.0 Å². The van der Waals surface area contributed by atoms with Gasteiger partial charge in [-0.3, -0.25) is 4.79 Å². The number of ether oxygens (including phenoxy) is 1. The van der Waals surface area contributed by atoms with Crippen LogP contribution in [-0.2, 0) is 21.3 Å². The first-order valence-corrected chi connectivity index (χ1v) is 11.5.